The Morgan fingerprint density at radius 1 is 0.600 bits per heavy atom. The SMILES string of the molecule is C#CCN.C#CCNC(=O)c1ccc(C2=c3cc4c(c(S(=O)(=O)O)c3Oc3c2cc2c(c3S(=O)(=O)[O-])NC(C)C2(C)C)=[NH+]C(C)C4(C)C)cc1.CC1Nc2c(cc3c(c2S(=O)(=O)[O-])Oc2c(S(=O)(=O)O)c4c(cc2=C3c2ccc(C(=O)ON3C(=O)CCC3=O)cc2)C(C)(C)C(C)[NH+]=4)C1(C)C. The van der Waals surface area contributed by atoms with Crippen molar-refractivity contribution in [1.82, 2.24) is 10.4 Å². The number of carbonyl (C=O) groups excluding carboxylic acids is 4. The van der Waals surface area contributed by atoms with Crippen LogP contribution < -0.4 is 62.3 Å². The van der Waals surface area contributed by atoms with Crippen molar-refractivity contribution in [2.75, 3.05) is 23.7 Å². The number of carbonyl (C=O) groups is 4. The molecule has 0 spiro atoms. The van der Waals surface area contributed by atoms with E-state index in [0.29, 0.717) is 56.1 Å². The van der Waals surface area contributed by atoms with E-state index in [2.05, 4.69) is 44.2 Å². The molecule has 6 aromatic carbocycles. The number of nitrogens with zero attached hydrogens (tertiary/aromatic N) is 1. The highest BCUT2D eigenvalue weighted by Crippen LogP contribution is 2.55. The Morgan fingerprint density at radius 2 is 0.970 bits per heavy atom. The van der Waals surface area contributed by atoms with Crippen molar-refractivity contribution < 1.29 is 95.4 Å². The minimum atomic E-state index is -5.28. The summed E-state index contributed by atoms with van der Waals surface area (Å²) < 4.78 is 165. The lowest BCUT2D eigenvalue weighted by atomic mass is 9.78. The van der Waals surface area contributed by atoms with Crippen molar-refractivity contribution in [1.29, 1.82) is 0 Å². The molecule has 7 heterocycles. The van der Waals surface area contributed by atoms with Gasteiger partial charge in [-0.25, -0.2) is 31.6 Å². The minimum absolute atomic E-state index is 0.0294. The van der Waals surface area contributed by atoms with E-state index < -0.39 is 117 Å². The maximum Gasteiger partial charge on any atom is 0.363 e. The third-order valence-electron chi connectivity index (χ3n) is 20.5. The Balaban J connectivity index is 0.000000192. The average molecular weight is 1440 g/mol. The van der Waals surface area contributed by atoms with Crippen molar-refractivity contribution in [3.8, 4) is 47.7 Å². The van der Waals surface area contributed by atoms with Gasteiger partial charge in [-0.15, -0.1) is 17.9 Å². The molecule has 524 valence electrons. The maximum atomic E-state index is 13.2. The Labute approximate surface area is 577 Å². The summed E-state index contributed by atoms with van der Waals surface area (Å²) >= 11 is 0. The summed E-state index contributed by atoms with van der Waals surface area (Å²) in [6.45, 7) is 23.1. The predicted molar refractivity (Wildman–Crippen MR) is 359 cm³/mol. The molecule has 0 radical (unpaired) electrons. The molecular weight excluding hydrogens is 1370 g/mol. The fourth-order valence-corrected chi connectivity index (χ4v) is 16.7. The number of nitrogens with one attached hydrogen (secondary N) is 5. The number of hydrogen-bond acceptors (Lipinski definition) is 20. The van der Waals surface area contributed by atoms with Gasteiger partial charge in [0.2, 0.25) is 20.5 Å². The monoisotopic (exact) mass is 1440 g/mol. The summed E-state index contributed by atoms with van der Waals surface area (Å²) in [4.78, 5) is 58.4. The first-order valence-electron chi connectivity index (χ1n) is 31.4. The molecule has 0 aliphatic carbocycles. The fourth-order valence-electron chi connectivity index (χ4n) is 13.5. The first-order chi connectivity index (χ1) is 46.3. The summed E-state index contributed by atoms with van der Waals surface area (Å²) in [6, 6.07) is 17.9. The molecule has 30 heteroatoms. The third kappa shape index (κ3) is 11.8. The molecule has 0 aromatic heterocycles. The van der Waals surface area contributed by atoms with Crippen LogP contribution in [0.4, 0.5) is 11.4 Å². The predicted octanol–water partition coefficient (Wildman–Crippen LogP) is 1.49. The van der Waals surface area contributed by atoms with Crippen LogP contribution in [-0.2, 0) is 76.6 Å². The topological polar surface area (TPSA) is 412 Å². The van der Waals surface area contributed by atoms with E-state index in [1.54, 1.807) is 48.5 Å². The van der Waals surface area contributed by atoms with Gasteiger partial charge in [0.1, 0.15) is 30.0 Å². The van der Waals surface area contributed by atoms with Gasteiger partial charge >= 0.3 is 26.2 Å². The van der Waals surface area contributed by atoms with Gasteiger partial charge < -0.3 is 45.1 Å². The molecule has 7 aliphatic heterocycles. The zero-order valence-corrected chi connectivity index (χ0v) is 59.5. The van der Waals surface area contributed by atoms with Crippen LogP contribution in [0.25, 0.3) is 11.1 Å². The molecule has 7 aliphatic rings. The lowest BCUT2D eigenvalue weighted by Gasteiger charge is -2.29. The van der Waals surface area contributed by atoms with E-state index in [1.165, 1.54) is 24.3 Å². The lowest BCUT2D eigenvalue weighted by Crippen LogP contribution is -2.81. The Kier molecular flexibility index (Phi) is 17.6. The zero-order valence-electron chi connectivity index (χ0n) is 56.2. The summed E-state index contributed by atoms with van der Waals surface area (Å²) in [5.41, 5.74) is 6.68. The van der Waals surface area contributed by atoms with Crippen LogP contribution in [0.5, 0.6) is 23.0 Å². The van der Waals surface area contributed by atoms with Crippen LogP contribution >= 0.6 is 0 Å². The number of fused-ring (bicyclic) bond motifs is 8. The number of nitrogens with two attached hydrogens (primary N) is 1. The highest BCUT2D eigenvalue weighted by Gasteiger charge is 2.50. The van der Waals surface area contributed by atoms with E-state index in [0.717, 1.165) is 0 Å². The molecule has 4 unspecified atom stereocenters. The highest BCUT2D eigenvalue weighted by atomic mass is 32.2. The van der Waals surface area contributed by atoms with Gasteiger partial charge in [-0.1, -0.05) is 63.8 Å². The molecule has 26 nitrogen and oxygen atoms in total. The average Bonchev–Trinajstić information content (AvgIpc) is 1.34. The Morgan fingerprint density at radius 3 is 1.31 bits per heavy atom. The van der Waals surface area contributed by atoms with Gasteiger partial charge in [-0.2, -0.15) is 16.8 Å². The number of ether oxygens (including phenoxy) is 2. The van der Waals surface area contributed by atoms with E-state index in [4.69, 9.17) is 26.5 Å². The second-order valence-electron chi connectivity index (χ2n) is 27.6. The molecule has 3 amide bonds. The van der Waals surface area contributed by atoms with Crippen LogP contribution in [0.15, 0.2) is 92.4 Å². The molecule has 0 saturated carbocycles. The number of amides is 3. The van der Waals surface area contributed by atoms with Crippen LogP contribution in [0.1, 0.15) is 161 Å². The molecule has 9 N–H and O–H groups in total. The number of benzene rings is 6. The number of hydrogen-bond donors (Lipinski definition) is 8. The molecule has 13 rings (SSSR count). The normalized spacial score (nSPS) is 20.2. The summed E-state index contributed by atoms with van der Waals surface area (Å²) in [5.74, 6) is 0.356. The second-order valence-corrected chi connectivity index (χ2v) is 32.9. The molecule has 100 heavy (non-hydrogen) atoms. The van der Waals surface area contributed by atoms with Gasteiger partial charge in [-0.05, 0) is 126 Å². The molecule has 0 bridgehead atoms. The number of hydroxylamine groups is 2. The van der Waals surface area contributed by atoms with E-state index in [-0.39, 0.29) is 110 Å². The van der Waals surface area contributed by atoms with Gasteiger partial charge in [0, 0.05) is 85.2 Å². The van der Waals surface area contributed by atoms with E-state index in [9.17, 15) is 71.1 Å². The first-order valence-corrected chi connectivity index (χ1v) is 37.1. The van der Waals surface area contributed by atoms with Crippen molar-refractivity contribution in [2.24, 2.45) is 5.73 Å². The van der Waals surface area contributed by atoms with Gasteiger partial charge in [-0.3, -0.25) is 23.5 Å². The van der Waals surface area contributed by atoms with Crippen molar-refractivity contribution >= 4 is 86.7 Å². The highest BCUT2D eigenvalue weighted by molar-refractivity contribution is 7.86. The smallest absolute Gasteiger partial charge is 0.363 e. The largest absolute Gasteiger partial charge is 0.744 e. The lowest BCUT2D eigenvalue weighted by molar-refractivity contribution is -0.540. The quantitative estimate of drug-likeness (QED) is 0.0546. The van der Waals surface area contributed by atoms with Crippen LogP contribution in [0, 0.1) is 24.7 Å². The third-order valence-corrected chi connectivity index (χ3v) is 24.1. The van der Waals surface area contributed by atoms with Crippen LogP contribution in [-0.4, -0.2) is 118 Å². The molecule has 6 aromatic rings. The van der Waals surface area contributed by atoms with Crippen molar-refractivity contribution in [2.45, 2.75) is 161 Å². The zero-order chi connectivity index (χ0) is 73.6. The Bertz CT molecular complexity index is 5510. The van der Waals surface area contributed by atoms with Gasteiger partial charge in [0.05, 0.1) is 40.9 Å². The summed E-state index contributed by atoms with van der Waals surface area (Å²) in [6.07, 6.45) is 9.76. The van der Waals surface area contributed by atoms with E-state index in [1.807, 2.05) is 83.1 Å². The number of rotatable bonds is 10. The maximum absolute atomic E-state index is 13.2. The molecule has 4 atom stereocenters. The molecule has 1 saturated heterocycles. The summed E-state index contributed by atoms with van der Waals surface area (Å²) in [7, 11) is -20.5. The fraction of sp³-hybridized carbons (Fsp3) is 0.343. The van der Waals surface area contributed by atoms with Crippen molar-refractivity contribution in [3.05, 3.63) is 150 Å². The number of imide groups is 1. The van der Waals surface area contributed by atoms with Gasteiger partial charge in [0.15, 0.2) is 35.1 Å². The van der Waals surface area contributed by atoms with E-state index >= 15 is 0 Å². The van der Waals surface area contributed by atoms with Crippen LogP contribution in [0.2, 0.25) is 0 Å². The molecule has 1 fully saturated rings. The summed E-state index contributed by atoms with van der Waals surface area (Å²) in [5, 5.41) is 9.90. The molecular formula is C70H71N7O19S4. The number of terminal acetylenes is 2. The van der Waals surface area contributed by atoms with Gasteiger partial charge in [0.25, 0.3) is 17.7 Å². The standard InChI is InChI=1S/C34H33N3O11S2.C33H33N3O8S2.C3H5N/c1-15-33(3,4)21-13-19-25(17-7-9-18(10-8-17)32(40)48-37-23(38)11-12-24(37)39)20-14-22-27(36-16(2)34(22,5)6)31(50(44,45)46)29(20)47-28(19)30(26(21)35-15)49(41,42)43;1-8-13-34-31(37)19-11-9-18(10-12-19)24-20-14-22-25(35-16(2)32(22,4)5)29(45(38,39)40)27(20)44-28-21(24)15-23-26(30(28)46(41,42)43)36-17(3)33(23,6)7;1-2-3-4/h7-10,13-16,35H,11-12H2,1-6H3,(H,41,42,43)(H,44,45,46);1,9-12,14-17,35H,13H2,2-7H3,(H,34,37)(H,38,39,40)(H,41,42,43);1H,3-4H2. The Hall–Kier alpha value is -9.34. The number of anilines is 2. The van der Waals surface area contributed by atoms with Crippen LogP contribution in [0.3, 0.4) is 0 Å². The second kappa shape index (κ2) is 24.5. The first kappa shape index (κ1) is 71.9. The van der Waals surface area contributed by atoms with Crippen molar-refractivity contribution in [3.63, 3.8) is 0 Å². The minimum Gasteiger partial charge on any atom is -0.744 e.